The molecule has 0 atom stereocenters. The lowest BCUT2D eigenvalue weighted by Crippen LogP contribution is -2.18. The van der Waals surface area contributed by atoms with Gasteiger partial charge >= 0.3 is 5.97 Å². The molecule has 0 bridgehead atoms. The number of rotatable bonds is 4. The Morgan fingerprint density at radius 2 is 1.92 bits per heavy atom. The van der Waals surface area contributed by atoms with E-state index in [1.165, 1.54) is 12.8 Å². The molecule has 1 fully saturated rings. The summed E-state index contributed by atoms with van der Waals surface area (Å²) < 4.78 is 11.3. The van der Waals surface area contributed by atoms with Crippen LogP contribution in [0.1, 0.15) is 30.1 Å². The van der Waals surface area contributed by atoms with Crippen LogP contribution in [0.3, 0.4) is 0 Å². The van der Waals surface area contributed by atoms with Crippen LogP contribution in [0.25, 0.3) is 22.4 Å². The molecule has 2 aromatic heterocycles. The molecular formula is C20H20N2O3. The lowest BCUT2D eigenvalue weighted by molar-refractivity contribution is 0.0529. The fraction of sp³-hybridized carbons (Fsp3) is 0.300. The first-order valence-electron chi connectivity index (χ1n) is 8.69. The summed E-state index contributed by atoms with van der Waals surface area (Å²) in [6.45, 7) is 4.14. The number of anilines is 1. The zero-order chi connectivity index (χ0) is 17.2. The van der Waals surface area contributed by atoms with Gasteiger partial charge in [0.25, 0.3) is 0 Å². The van der Waals surface area contributed by atoms with Crippen molar-refractivity contribution in [1.29, 1.82) is 0 Å². The quantitative estimate of drug-likeness (QED) is 0.666. The molecular weight excluding hydrogens is 316 g/mol. The zero-order valence-corrected chi connectivity index (χ0v) is 14.2. The molecule has 1 aliphatic rings. The smallest absolute Gasteiger partial charge is 0.342 e. The maximum atomic E-state index is 12.5. The first kappa shape index (κ1) is 15.7. The van der Waals surface area contributed by atoms with Crippen molar-refractivity contribution in [1.82, 2.24) is 4.98 Å². The van der Waals surface area contributed by atoms with E-state index < -0.39 is 0 Å². The normalized spacial score (nSPS) is 14.2. The van der Waals surface area contributed by atoms with Gasteiger partial charge in [-0.1, -0.05) is 30.3 Å². The van der Waals surface area contributed by atoms with Gasteiger partial charge < -0.3 is 14.1 Å². The molecule has 3 aromatic rings. The monoisotopic (exact) mass is 336 g/mol. The van der Waals surface area contributed by atoms with E-state index in [1.54, 1.807) is 6.92 Å². The van der Waals surface area contributed by atoms with E-state index in [1.807, 2.05) is 42.5 Å². The number of esters is 1. The lowest BCUT2D eigenvalue weighted by atomic mass is 10.1. The molecule has 0 unspecified atom stereocenters. The van der Waals surface area contributed by atoms with Crippen molar-refractivity contribution in [3.05, 3.63) is 48.0 Å². The minimum absolute atomic E-state index is 0.318. The minimum Gasteiger partial charge on any atom is -0.462 e. The van der Waals surface area contributed by atoms with Gasteiger partial charge in [-0.15, -0.1) is 0 Å². The van der Waals surface area contributed by atoms with Gasteiger partial charge in [0.15, 0.2) is 5.76 Å². The second kappa shape index (κ2) is 6.59. The Balaban J connectivity index is 1.87. The summed E-state index contributed by atoms with van der Waals surface area (Å²) in [5.41, 5.74) is 1.76. The highest BCUT2D eigenvalue weighted by molar-refractivity contribution is 6.08. The van der Waals surface area contributed by atoms with Crippen LogP contribution in [0.2, 0.25) is 0 Å². The van der Waals surface area contributed by atoms with Gasteiger partial charge in [0.2, 0.25) is 5.71 Å². The molecule has 0 saturated carbocycles. The molecule has 128 valence electrons. The highest BCUT2D eigenvalue weighted by Crippen LogP contribution is 2.34. The molecule has 1 saturated heterocycles. The van der Waals surface area contributed by atoms with Gasteiger partial charge in [-0.3, -0.25) is 0 Å². The van der Waals surface area contributed by atoms with Gasteiger partial charge in [-0.05, 0) is 31.9 Å². The van der Waals surface area contributed by atoms with Crippen LogP contribution in [0.15, 0.2) is 46.9 Å². The summed E-state index contributed by atoms with van der Waals surface area (Å²) in [4.78, 5) is 19.4. The van der Waals surface area contributed by atoms with Gasteiger partial charge in [-0.2, -0.15) is 4.98 Å². The van der Waals surface area contributed by atoms with Crippen molar-refractivity contribution in [2.24, 2.45) is 0 Å². The van der Waals surface area contributed by atoms with E-state index in [4.69, 9.17) is 9.15 Å². The van der Waals surface area contributed by atoms with Crippen LogP contribution < -0.4 is 4.90 Å². The molecule has 0 amide bonds. The number of aromatic nitrogens is 1. The predicted molar refractivity (Wildman–Crippen MR) is 96.8 cm³/mol. The second-order valence-electron chi connectivity index (χ2n) is 6.11. The fourth-order valence-corrected chi connectivity index (χ4v) is 3.29. The number of hydrogen-bond donors (Lipinski definition) is 0. The zero-order valence-electron chi connectivity index (χ0n) is 14.2. The van der Waals surface area contributed by atoms with Crippen LogP contribution in [0.4, 0.5) is 5.82 Å². The van der Waals surface area contributed by atoms with E-state index in [0.29, 0.717) is 29.0 Å². The van der Waals surface area contributed by atoms with Crippen molar-refractivity contribution >= 4 is 22.9 Å². The molecule has 5 heteroatoms. The van der Waals surface area contributed by atoms with Gasteiger partial charge in [0.1, 0.15) is 11.4 Å². The number of benzene rings is 1. The van der Waals surface area contributed by atoms with Crippen LogP contribution >= 0.6 is 0 Å². The standard InChI is InChI=1S/C20H20N2O3/c1-2-24-20(23)17-15-10-11-16(22-12-6-7-13-22)21-19(15)25-18(17)14-8-4-3-5-9-14/h3-5,8-11H,2,6-7,12-13H2,1H3. The number of pyridine rings is 1. The van der Waals surface area contributed by atoms with Gasteiger partial charge in [0, 0.05) is 18.7 Å². The number of carbonyl (C=O) groups is 1. The molecule has 25 heavy (non-hydrogen) atoms. The van der Waals surface area contributed by atoms with Crippen molar-refractivity contribution in [2.75, 3.05) is 24.6 Å². The first-order chi connectivity index (χ1) is 12.3. The van der Waals surface area contributed by atoms with Gasteiger partial charge in [0.05, 0.1) is 12.0 Å². The van der Waals surface area contributed by atoms with E-state index in [2.05, 4.69) is 9.88 Å². The van der Waals surface area contributed by atoms with Crippen LogP contribution in [-0.2, 0) is 4.74 Å². The highest BCUT2D eigenvalue weighted by atomic mass is 16.5. The third-order valence-corrected chi connectivity index (χ3v) is 4.49. The summed E-state index contributed by atoms with van der Waals surface area (Å²) in [5, 5.41) is 0.695. The Hall–Kier alpha value is -2.82. The molecule has 1 aromatic carbocycles. The number of fused-ring (bicyclic) bond motifs is 1. The third-order valence-electron chi connectivity index (χ3n) is 4.49. The maximum Gasteiger partial charge on any atom is 0.342 e. The Morgan fingerprint density at radius 3 is 2.64 bits per heavy atom. The van der Waals surface area contributed by atoms with Crippen molar-refractivity contribution in [3.8, 4) is 11.3 Å². The van der Waals surface area contributed by atoms with Crippen molar-refractivity contribution in [3.63, 3.8) is 0 Å². The summed E-state index contributed by atoms with van der Waals surface area (Å²) in [6, 6.07) is 13.5. The van der Waals surface area contributed by atoms with Crippen molar-refractivity contribution < 1.29 is 13.9 Å². The van der Waals surface area contributed by atoms with E-state index >= 15 is 0 Å². The molecule has 3 heterocycles. The fourth-order valence-electron chi connectivity index (χ4n) is 3.29. The average Bonchev–Trinajstić information content (AvgIpc) is 3.30. The Morgan fingerprint density at radius 1 is 1.16 bits per heavy atom. The highest BCUT2D eigenvalue weighted by Gasteiger charge is 2.25. The third kappa shape index (κ3) is 2.86. The van der Waals surface area contributed by atoms with Crippen LogP contribution in [0, 0.1) is 0 Å². The molecule has 0 spiro atoms. The minimum atomic E-state index is -0.379. The van der Waals surface area contributed by atoms with E-state index in [9.17, 15) is 4.79 Å². The van der Waals surface area contributed by atoms with E-state index in [0.717, 1.165) is 24.5 Å². The maximum absolute atomic E-state index is 12.5. The lowest BCUT2D eigenvalue weighted by Gasteiger charge is -2.15. The Kier molecular flexibility index (Phi) is 4.14. The van der Waals surface area contributed by atoms with Crippen LogP contribution in [-0.4, -0.2) is 30.6 Å². The van der Waals surface area contributed by atoms with E-state index in [-0.39, 0.29) is 5.97 Å². The molecule has 0 radical (unpaired) electrons. The Bertz CT molecular complexity index is 896. The number of furan rings is 1. The van der Waals surface area contributed by atoms with Crippen LogP contribution in [0.5, 0.6) is 0 Å². The topological polar surface area (TPSA) is 55.6 Å². The number of hydrogen-bond acceptors (Lipinski definition) is 5. The SMILES string of the molecule is CCOC(=O)c1c(-c2ccccc2)oc2nc(N3CCCC3)ccc12. The molecule has 0 N–H and O–H groups in total. The average molecular weight is 336 g/mol. The summed E-state index contributed by atoms with van der Waals surface area (Å²) in [6.07, 6.45) is 2.36. The van der Waals surface area contributed by atoms with Crippen molar-refractivity contribution in [2.45, 2.75) is 19.8 Å². The summed E-state index contributed by atoms with van der Waals surface area (Å²) >= 11 is 0. The number of ether oxygens (including phenoxy) is 1. The molecule has 0 aliphatic carbocycles. The second-order valence-corrected chi connectivity index (χ2v) is 6.11. The summed E-state index contributed by atoms with van der Waals surface area (Å²) in [7, 11) is 0. The largest absolute Gasteiger partial charge is 0.462 e. The predicted octanol–water partition coefficient (Wildman–Crippen LogP) is 4.27. The molecule has 5 nitrogen and oxygen atoms in total. The number of nitrogens with zero attached hydrogens (tertiary/aromatic N) is 2. The summed E-state index contributed by atoms with van der Waals surface area (Å²) in [5.74, 6) is 1.03. The van der Waals surface area contributed by atoms with Gasteiger partial charge in [-0.25, -0.2) is 4.79 Å². The first-order valence-corrected chi connectivity index (χ1v) is 8.69. The molecule has 1 aliphatic heterocycles. The number of carbonyl (C=O) groups excluding carboxylic acids is 1. The Labute approximate surface area is 146 Å². The molecule has 4 rings (SSSR count).